The van der Waals surface area contributed by atoms with Crippen molar-refractivity contribution in [2.24, 2.45) is 10.7 Å². The van der Waals surface area contributed by atoms with Gasteiger partial charge in [-0.2, -0.15) is 0 Å². The van der Waals surface area contributed by atoms with Gasteiger partial charge in [0.15, 0.2) is 0 Å². The van der Waals surface area contributed by atoms with E-state index >= 15 is 0 Å². The Labute approximate surface area is 248 Å². The van der Waals surface area contributed by atoms with Crippen LogP contribution in [0.5, 0.6) is 0 Å². The largest absolute Gasteiger partial charge is 0.383 e. The van der Waals surface area contributed by atoms with Gasteiger partial charge in [-0.1, -0.05) is 115 Å². The van der Waals surface area contributed by atoms with E-state index in [0.717, 1.165) is 48.1 Å². The summed E-state index contributed by atoms with van der Waals surface area (Å²) in [6, 6.07) is 34.4. The Morgan fingerprint density at radius 1 is 0.619 bits per heavy atom. The third-order valence-electron chi connectivity index (χ3n) is 8.60. The van der Waals surface area contributed by atoms with E-state index in [4.69, 9.17) is 10.7 Å². The van der Waals surface area contributed by atoms with Crippen LogP contribution in [0.2, 0.25) is 0 Å². The summed E-state index contributed by atoms with van der Waals surface area (Å²) < 4.78 is 0. The van der Waals surface area contributed by atoms with E-state index in [1.807, 2.05) is 43.3 Å². The van der Waals surface area contributed by atoms with Gasteiger partial charge in [-0.3, -0.25) is 0 Å². The molecule has 0 radical (unpaired) electrons. The molecule has 2 aliphatic carbocycles. The summed E-state index contributed by atoms with van der Waals surface area (Å²) >= 11 is 0. The van der Waals surface area contributed by atoms with Crippen LogP contribution in [-0.4, -0.2) is 5.84 Å². The zero-order valence-electron chi connectivity index (χ0n) is 24.0. The van der Waals surface area contributed by atoms with Crippen molar-refractivity contribution in [3.8, 4) is 22.3 Å². The van der Waals surface area contributed by atoms with Crippen molar-refractivity contribution in [3.63, 3.8) is 0 Å². The minimum atomic E-state index is 0.516. The lowest BCUT2D eigenvalue weighted by Gasteiger charge is -2.24. The van der Waals surface area contributed by atoms with Gasteiger partial charge in [0.25, 0.3) is 0 Å². The monoisotopic (exact) mass is 542 g/mol. The van der Waals surface area contributed by atoms with Gasteiger partial charge >= 0.3 is 0 Å². The molecule has 0 spiro atoms. The van der Waals surface area contributed by atoms with Gasteiger partial charge in [-0.25, -0.2) is 4.99 Å². The van der Waals surface area contributed by atoms with E-state index in [1.54, 1.807) is 11.1 Å². The number of amidine groups is 1. The zero-order valence-corrected chi connectivity index (χ0v) is 24.0. The van der Waals surface area contributed by atoms with E-state index in [0.29, 0.717) is 5.84 Å². The van der Waals surface area contributed by atoms with Crippen LogP contribution in [0.25, 0.3) is 50.9 Å². The van der Waals surface area contributed by atoms with Gasteiger partial charge in [-0.05, 0) is 100 Å². The molecule has 2 aliphatic rings. The van der Waals surface area contributed by atoms with Crippen molar-refractivity contribution in [2.75, 3.05) is 0 Å². The standard InChI is InChI=1S/C40H34N2/c1-2-39(42-40(41)29-11-4-3-5-12-29)32-14-10-13-30(25-32)27-19-21-28(22-20-27)31-23-24-37-35-17-7-6-15-33(35)34-16-8-9-18-36(34)38(37)26-31/h2-5,7,9-14,17-26H,6,8,15-16H2,1H3,(H2,41,42)/b39-2-. The Hall–Kier alpha value is -4.95. The molecule has 0 heterocycles. The van der Waals surface area contributed by atoms with Crippen LogP contribution in [0.4, 0.5) is 0 Å². The van der Waals surface area contributed by atoms with Crippen LogP contribution < -0.4 is 5.73 Å². The number of rotatable bonds is 5. The molecule has 0 fully saturated rings. The first-order chi connectivity index (χ1) is 20.7. The Kier molecular flexibility index (Phi) is 6.89. The average Bonchev–Trinajstić information content (AvgIpc) is 3.07. The number of fused-ring (bicyclic) bond motifs is 6. The minimum Gasteiger partial charge on any atom is -0.383 e. The maximum Gasteiger partial charge on any atom is 0.131 e. The second-order valence-electron chi connectivity index (χ2n) is 11.1. The van der Waals surface area contributed by atoms with Gasteiger partial charge in [0, 0.05) is 11.1 Å². The van der Waals surface area contributed by atoms with Crippen molar-refractivity contribution in [1.82, 2.24) is 0 Å². The molecule has 0 aromatic heterocycles. The SMILES string of the molecule is C/C=C(\N=C(N)c1ccccc1)c1cccc(-c2ccc(-c3ccc4c5c(c6c(c4c3)C=CCC6)CCC=C5)cc2)c1. The van der Waals surface area contributed by atoms with Gasteiger partial charge in [0.2, 0.25) is 0 Å². The number of aliphatic imine (C=N–C) groups is 1. The van der Waals surface area contributed by atoms with Crippen LogP contribution in [0.3, 0.4) is 0 Å². The highest BCUT2D eigenvalue weighted by molar-refractivity contribution is 6.02. The molecule has 2 N–H and O–H groups in total. The van der Waals surface area contributed by atoms with Crippen molar-refractivity contribution >= 4 is 34.5 Å². The minimum absolute atomic E-state index is 0.516. The average molecular weight is 543 g/mol. The van der Waals surface area contributed by atoms with Crippen molar-refractivity contribution in [3.05, 3.63) is 149 Å². The Morgan fingerprint density at radius 3 is 1.88 bits per heavy atom. The highest BCUT2D eigenvalue weighted by Crippen LogP contribution is 2.39. The summed E-state index contributed by atoms with van der Waals surface area (Å²) in [5.74, 6) is 0.516. The van der Waals surface area contributed by atoms with E-state index in [2.05, 4.69) is 91.0 Å². The predicted octanol–water partition coefficient (Wildman–Crippen LogP) is 9.86. The summed E-state index contributed by atoms with van der Waals surface area (Å²) in [6.45, 7) is 2.00. The second-order valence-corrected chi connectivity index (χ2v) is 11.1. The lowest BCUT2D eigenvalue weighted by atomic mass is 9.80. The van der Waals surface area contributed by atoms with Crippen LogP contribution >= 0.6 is 0 Å². The Bertz CT molecular complexity index is 1920. The molecule has 0 amide bonds. The Morgan fingerprint density at radius 2 is 1.21 bits per heavy atom. The molecular formula is C40H34N2. The molecule has 5 aromatic rings. The molecule has 0 saturated carbocycles. The lowest BCUT2D eigenvalue weighted by molar-refractivity contribution is 0.911. The highest BCUT2D eigenvalue weighted by atomic mass is 14.9. The highest BCUT2D eigenvalue weighted by Gasteiger charge is 2.20. The normalized spacial score (nSPS) is 14.6. The number of allylic oxidation sites excluding steroid dienone is 3. The van der Waals surface area contributed by atoms with Crippen molar-refractivity contribution < 1.29 is 0 Å². The molecule has 42 heavy (non-hydrogen) atoms. The smallest absolute Gasteiger partial charge is 0.131 e. The molecule has 0 atom stereocenters. The summed E-state index contributed by atoms with van der Waals surface area (Å²) in [5, 5.41) is 2.74. The van der Waals surface area contributed by atoms with E-state index in [1.165, 1.54) is 38.6 Å². The van der Waals surface area contributed by atoms with E-state index in [-0.39, 0.29) is 0 Å². The number of hydrogen-bond acceptors (Lipinski definition) is 1. The van der Waals surface area contributed by atoms with Crippen molar-refractivity contribution in [1.29, 1.82) is 0 Å². The third kappa shape index (κ3) is 4.80. The molecular weight excluding hydrogens is 508 g/mol. The predicted molar refractivity (Wildman–Crippen MR) is 180 cm³/mol. The van der Waals surface area contributed by atoms with Gasteiger partial charge in [0.1, 0.15) is 5.84 Å². The van der Waals surface area contributed by atoms with Crippen LogP contribution in [0.15, 0.2) is 120 Å². The quantitative estimate of drug-likeness (QED) is 0.174. The van der Waals surface area contributed by atoms with Crippen LogP contribution in [0.1, 0.15) is 53.1 Å². The molecule has 0 aliphatic heterocycles. The van der Waals surface area contributed by atoms with E-state index in [9.17, 15) is 0 Å². The van der Waals surface area contributed by atoms with Crippen LogP contribution in [-0.2, 0) is 12.8 Å². The summed E-state index contributed by atoms with van der Waals surface area (Å²) in [6.07, 6.45) is 16.0. The third-order valence-corrected chi connectivity index (χ3v) is 8.60. The number of hydrogen-bond donors (Lipinski definition) is 1. The number of nitrogens with two attached hydrogens (primary N) is 1. The fourth-order valence-electron chi connectivity index (χ4n) is 6.45. The fraction of sp³-hybridized carbons (Fsp3) is 0.125. The fourth-order valence-corrected chi connectivity index (χ4v) is 6.45. The molecule has 204 valence electrons. The van der Waals surface area contributed by atoms with Gasteiger partial charge < -0.3 is 5.73 Å². The maximum atomic E-state index is 6.34. The zero-order chi connectivity index (χ0) is 28.5. The molecule has 0 unspecified atom stereocenters. The molecule has 0 bridgehead atoms. The topological polar surface area (TPSA) is 38.4 Å². The summed E-state index contributed by atoms with van der Waals surface area (Å²) in [5.41, 5.74) is 20.0. The lowest BCUT2D eigenvalue weighted by Crippen LogP contribution is -2.13. The summed E-state index contributed by atoms with van der Waals surface area (Å²) in [4.78, 5) is 4.75. The van der Waals surface area contributed by atoms with Crippen molar-refractivity contribution in [2.45, 2.75) is 32.6 Å². The van der Waals surface area contributed by atoms with Crippen LogP contribution in [0, 0.1) is 0 Å². The van der Waals surface area contributed by atoms with Gasteiger partial charge in [-0.15, -0.1) is 0 Å². The first-order valence-electron chi connectivity index (χ1n) is 14.9. The summed E-state index contributed by atoms with van der Waals surface area (Å²) in [7, 11) is 0. The number of nitrogens with zero attached hydrogens (tertiary/aromatic N) is 1. The first kappa shape index (κ1) is 26.0. The molecule has 0 saturated heterocycles. The number of benzene rings is 5. The second kappa shape index (κ2) is 11.1. The van der Waals surface area contributed by atoms with Gasteiger partial charge in [0.05, 0.1) is 5.70 Å². The molecule has 5 aromatic carbocycles. The molecule has 2 heteroatoms. The van der Waals surface area contributed by atoms with E-state index < -0.39 is 0 Å². The maximum absolute atomic E-state index is 6.34. The molecule has 2 nitrogen and oxygen atoms in total. The Balaban J connectivity index is 1.21. The first-order valence-corrected chi connectivity index (χ1v) is 14.9. The molecule has 7 rings (SSSR count).